The first-order valence-corrected chi connectivity index (χ1v) is 10.0. The number of carbonyl (C=O) groups is 1. The number of rotatable bonds is 7. The Balaban J connectivity index is 1.64. The van der Waals surface area contributed by atoms with Gasteiger partial charge in [-0.25, -0.2) is 0 Å². The summed E-state index contributed by atoms with van der Waals surface area (Å²) in [6, 6.07) is 21.9. The van der Waals surface area contributed by atoms with Gasteiger partial charge in [0.25, 0.3) is 0 Å². The Hall–Kier alpha value is -2.17. The van der Waals surface area contributed by atoms with Gasteiger partial charge in [0.15, 0.2) is 0 Å². The standard InChI is InChI=1S/C23H31N3O/c1-3-19(2)24-22(27)18-25-14-16-26(17-15-25)23(20-10-6-4-7-11-20)21-12-8-5-9-13-21/h4-13,19,23H,3,14-18H2,1-2H3,(H,24,27)/t19-/m0/s1. The predicted octanol–water partition coefficient (Wildman–Crippen LogP) is 3.31. The van der Waals surface area contributed by atoms with Gasteiger partial charge in [0.1, 0.15) is 0 Å². The molecule has 0 radical (unpaired) electrons. The van der Waals surface area contributed by atoms with Crippen molar-refractivity contribution >= 4 is 5.91 Å². The lowest BCUT2D eigenvalue weighted by atomic mass is 9.96. The van der Waals surface area contributed by atoms with Crippen LogP contribution in [0.1, 0.15) is 37.4 Å². The van der Waals surface area contributed by atoms with Crippen LogP contribution in [0.25, 0.3) is 0 Å². The van der Waals surface area contributed by atoms with Gasteiger partial charge in [0.05, 0.1) is 12.6 Å². The van der Waals surface area contributed by atoms with Crippen molar-refractivity contribution < 1.29 is 4.79 Å². The molecule has 4 heteroatoms. The first-order chi connectivity index (χ1) is 13.2. The second-order valence-corrected chi connectivity index (χ2v) is 7.41. The Morgan fingerprint density at radius 1 is 0.926 bits per heavy atom. The fraction of sp³-hybridized carbons (Fsp3) is 0.435. The molecule has 1 aliphatic heterocycles. The number of amides is 1. The summed E-state index contributed by atoms with van der Waals surface area (Å²) in [5, 5.41) is 3.07. The van der Waals surface area contributed by atoms with E-state index in [1.165, 1.54) is 11.1 Å². The van der Waals surface area contributed by atoms with Gasteiger partial charge in [-0.1, -0.05) is 67.6 Å². The quantitative estimate of drug-likeness (QED) is 0.818. The maximum absolute atomic E-state index is 12.2. The predicted molar refractivity (Wildman–Crippen MR) is 111 cm³/mol. The number of benzene rings is 2. The van der Waals surface area contributed by atoms with Crippen molar-refractivity contribution in [2.45, 2.75) is 32.4 Å². The maximum atomic E-state index is 12.2. The van der Waals surface area contributed by atoms with Crippen molar-refractivity contribution in [3.8, 4) is 0 Å². The molecule has 1 heterocycles. The smallest absolute Gasteiger partial charge is 0.234 e. The van der Waals surface area contributed by atoms with Gasteiger partial charge in [-0.2, -0.15) is 0 Å². The Kier molecular flexibility index (Phi) is 7.02. The molecule has 1 atom stereocenters. The highest BCUT2D eigenvalue weighted by Crippen LogP contribution is 2.29. The summed E-state index contributed by atoms with van der Waals surface area (Å²) in [5.41, 5.74) is 2.65. The van der Waals surface area contributed by atoms with Crippen LogP contribution in [-0.4, -0.2) is 54.5 Å². The van der Waals surface area contributed by atoms with Crippen LogP contribution in [0.5, 0.6) is 0 Å². The van der Waals surface area contributed by atoms with Crippen molar-refractivity contribution in [3.05, 3.63) is 71.8 Å². The van der Waals surface area contributed by atoms with Crippen LogP contribution in [-0.2, 0) is 4.79 Å². The molecule has 1 saturated heterocycles. The van der Waals surface area contributed by atoms with E-state index in [2.05, 4.69) is 89.6 Å². The zero-order chi connectivity index (χ0) is 19.1. The normalized spacial score (nSPS) is 17.0. The molecule has 0 spiro atoms. The molecule has 1 amide bonds. The Morgan fingerprint density at radius 2 is 1.44 bits per heavy atom. The molecule has 144 valence electrons. The van der Waals surface area contributed by atoms with Gasteiger partial charge in [0.2, 0.25) is 5.91 Å². The maximum Gasteiger partial charge on any atom is 0.234 e. The molecular formula is C23H31N3O. The van der Waals surface area contributed by atoms with Crippen LogP contribution in [0.3, 0.4) is 0 Å². The third-order valence-electron chi connectivity index (χ3n) is 5.39. The molecule has 0 aliphatic carbocycles. The molecule has 1 N–H and O–H groups in total. The van der Waals surface area contributed by atoms with E-state index >= 15 is 0 Å². The fourth-order valence-electron chi connectivity index (χ4n) is 3.69. The lowest BCUT2D eigenvalue weighted by Gasteiger charge is -2.39. The van der Waals surface area contributed by atoms with E-state index in [4.69, 9.17) is 0 Å². The van der Waals surface area contributed by atoms with Crippen molar-refractivity contribution in [1.29, 1.82) is 0 Å². The van der Waals surface area contributed by atoms with E-state index in [1.807, 2.05) is 0 Å². The molecule has 0 bridgehead atoms. The second-order valence-electron chi connectivity index (χ2n) is 7.41. The van der Waals surface area contributed by atoms with Gasteiger partial charge in [0, 0.05) is 32.2 Å². The van der Waals surface area contributed by atoms with Gasteiger partial charge in [-0.05, 0) is 24.5 Å². The Morgan fingerprint density at radius 3 is 1.93 bits per heavy atom. The van der Waals surface area contributed by atoms with Crippen LogP contribution in [0, 0.1) is 0 Å². The van der Waals surface area contributed by atoms with Crippen LogP contribution in [0.2, 0.25) is 0 Å². The molecular weight excluding hydrogens is 334 g/mol. The summed E-state index contributed by atoms with van der Waals surface area (Å²) < 4.78 is 0. The third kappa shape index (κ3) is 5.41. The molecule has 2 aromatic rings. The summed E-state index contributed by atoms with van der Waals surface area (Å²) in [5.74, 6) is 0.139. The largest absolute Gasteiger partial charge is 0.353 e. The van der Waals surface area contributed by atoms with Gasteiger partial charge in [-0.15, -0.1) is 0 Å². The molecule has 3 rings (SSSR count). The molecule has 2 aromatic carbocycles. The summed E-state index contributed by atoms with van der Waals surface area (Å²) >= 11 is 0. The average Bonchev–Trinajstić information content (AvgIpc) is 2.71. The molecule has 0 aromatic heterocycles. The third-order valence-corrected chi connectivity index (χ3v) is 5.39. The monoisotopic (exact) mass is 365 g/mol. The SMILES string of the molecule is CC[C@H](C)NC(=O)CN1CCN(C(c2ccccc2)c2ccccc2)CC1. The minimum atomic E-state index is 0.139. The lowest BCUT2D eigenvalue weighted by Crippen LogP contribution is -2.51. The molecule has 1 aliphatic rings. The topological polar surface area (TPSA) is 35.6 Å². The number of nitrogens with zero attached hydrogens (tertiary/aromatic N) is 2. The zero-order valence-corrected chi connectivity index (χ0v) is 16.5. The molecule has 0 saturated carbocycles. The van der Waals surface area contributed by atoms with E-state index in [-0.39, 0.29) is 18.0 Å². The van der Waals surface area contributed by atoms with Gasteiger partial charge >= 0.3 is 0 Å². The average molecular weight is 366 g/mol. The van der Waals surface area contributed by atoms with E-state index in [0.29, 0.717) is 6.54 Å². The van der Waals surface area contributed by atoms with Crippen molar-refractivity contribution in [3.63, 3.8) is 0 Å². The van der Waals surface area contributed by atoms with E-state index in [1.54, 1.807) is 0 Å². The first kappa shape index (κ1) is 19.6. The van der Waals surface area contributed by atoms with Crippen LogP contribution in [0.4, 0.5) is 0 Å². The first-order valence-electron chi connectivity index (χ1n) is 10.0. The summed E-state index contributed by atoms with van der Waals surface area (Å²) in [4.78, 5) is 17.0. The molecule has 27 heavy (non-hydrogen) atoms. The highest BCUT2D eigenvalue weighted by Gasteiger charge is 2.27. The van der Waals surface area contributed by atoms with Crippen molar-refractivity contribution in [1.82, 2.24) is 15.1 Å². The van der Waals surface area contributed by atoms with Gasteiger partial charge in [-0.3, -0.25) is 14.6 Å². The van der Waals surface area contributed by atoms with E-state index in [0.717, 1.165) is 32.6 Å². The minimum Gasteiger partial charge on any atom is -0.353 e. The number of nitrogens with one attached hydrogen (secondary N) is 1. The van der Waals surface area contributed by atoms with E-state index < -0.39 is 0 Å². The fourth-order valence-corrected chi connectivity index (χ4v) is 3.69. The van der Waals surface area contributed by atoms with Crippen LogP contribution < -0.4 is 5.32 Å². The van der Waals surface area contributed by atoms with Crippen LogP contribution in [0.15, 0.2) is 60.7 Å². The number of piperazine rings is 1. The second kappa shape index (κ2) is 9.67. The highest BCUT2D eigenvalue weighted by atomic mass is 16.2. The lowest BCUT2D eigenvalue weighted by molar-refractivity contribution is -0.123. The Labute approximate surface area is 163 Å². The Bertz CT molecular complexity index is 657. The molecule has 0 unspecified atom stereocenters. The number of hydrogen-bond donors (Lipinski definition) is 1. The van der Waals surface area contributed by atoms with Crippen LogP contribution >= 0.6 is 0 Å². The zero-order valence-electron chi connectivity index (χ0n) is 16.5. The molecule has 1 fully saturated rings. The minimum absolute atomic E-state index is 0.139. The summed E-state index contributed by atoms with van der Waals surface area (Å²) in [6.45, 7) is 8.42. The number of hydrogen-bond acceptors (Lipinski definition) is 3. The van der Waals surface area contributed by atoms with E-state index in [9.17, 15) is 4.79 Å². The van der Waals surface area contributed by atoms with Crippen molar-refractivity contribution in [2.75, 3.05) is 32.7 Å². The van der Waals surface area contributed by atoms with Gasteiger partial charge < -0.3 is 5.32 Å². The summed E-state index contributed by atoms with van der Waals surface area (Å²) in [6.07, 6.45) is 0.968. The van der Waals surface area contributed by atoms with Crippen molar-refractivity contribution in [2.24, 2.45) is 0 Å². The summed E-state index contributed by atoms with van der Waals surface area (Å²) in [7, 11) is 0. The molecule has 4 nitrogen and oxygen atoms in total. The number of carbonyl (C=O) groups excluding carboxylic acids is 1. The highest BCUT2D eigenvalue weighted by molar-refractivity contribution is 5.78.